The Balaban J connectivity index is 2.70. The molecule has 0 saturated heterocycles. The molecule has 0 bridgehead atoms. The van der Waals surface area contributed by atoms with Gasteiger partial charge in [-0.25, -0.2) is 4.79 Å². The third-order valence-corrected chi connectivity index (χ3v) is 2.69. The minimum absolute atomic E-state index is 0.160. The van der Waals surface area contributed by atoms with E-state index in [4.69, 9.17) is 15.9 Å². The molecular weight excluding hydrogens is 262 g/mol. The van der Waals surface area contributed by atoms with Crippen molar-refractivity contribution in [3.8, 4) is 0 Å². The van der Waals surface area contributed by atoms with Crippen molar-refractivity contribution >= 4 is 11.9 Å². The molecule has 1 aromatic rings. The molecule has 7 nitrogen and oxygen atoms in total. The highest BCUT2D eigenvalue weighted by atomic mass is 16.3. The maximum absolute atomic E-state index is 12.1. The van der Waals surface area contributed by atoms with Gasteiger partial charge in [0.15, 0.2) is 0 Å². The number of nitrogens with one attached hydrogen (secondary N) is 1. The largest absolute Gasteiger partial charge is 0.395 e. The Labute approximate surface area is 117 Å². The summed E-state index contributed by atoms with van der Waals surface area (Å²) in [6.07, 6.45) is 0. The molecular formula is C13H19N3O4. The summed E-state index contributed by atoms with van der Waals surface area (Å²) in [5.74, 6) is -0.262. The minimum atomic E-state index is -0.609. The first-order valence-electron chi connectivity index (χ1n) is 6.21. The molecule has 0 unspecified atom stereocenters. The molecule has 5 N–H and O–H groups in total. The maximum Gasteiger partial charge on any atom is 0.312 e. The van der Waals surface area contributed by atoms with Gasteiger partial charge < -0.3 is 26.2 Å². The quantitative estimate of drug-likeness (QED) is 0.528. The second-order valence-electron chi connectivity index (χ2n) is 4.15. The van der Waals surface area contributed by atoms with E-state index in [1.807, 2.05) is 0 Å². The van der Waals surface area contributed by atoms with Crippen molar-refractivity contribution in [2.45, 2.75) is 6.54 Å². The Kier molecular flexibility index (Phi) is 6.48. The van der Waals surface area contributed by atoms with Crippen LogP contribution in [-0.2, 0) is 6.54 Å². The second-order valence-corrected chi connectivity index (χ2v) is 4.15. The third-order valence-electron chi connectivity index (χ3n) is 2.69. The summed E-state index contributed by atoms with van der Waals surface area (Å²) in [6, 6.07) is 6.06. The molecule has 0 heterocycles. The Morgan fingerprint density at radius 1 is 1.10 bits per heavy atom. The van der Waals surface area contributed by atoms with Gasteiger partial charge in [-0.3, -0.25) is 4.79 Å². The number of nitrogens with zero attached hydrogens (tertiary/aromatic N) is 1. The number of carbonyl (C=O) groups excluding carboxylic acids is 2. The van der Waals surface area contributed by atoms with Gasteiger partial charge in [-0.2, -0.15) is 0 Å². The molecule has 20 heavy (non-hydrogen) atoms. The number of rotatable bonds is 7. The lowest BCUT2D eigenvalue weighted by molar-refractivity contribution is 0.0685. The van der Waals surface area contributed by atoms with Crippen molar-refractivity contribution in [2.24, 2.45) is 5.73 Å². The van der Waals surface area contributed by atoms with Gasteiger partial charge in [-0.1, -0.05) is 12.1 Å². The van der Waals surface area contributed by atoms with Crippen LogP contribution in [0.15, 0.2) is 24.3 Å². The molecule has 0 saturated carbocycles. The molecule has 1 rings (SSSR count). The van der Waals surface area contributed by atoms with Gasteiger partial charge in [0.2, 0.25) is 0 Å². The number of primary amides is 1. The molecule has 0 aliphatic carbocycles. The molecule has 0 aromatic heterocycles. The van der Waals surface area contributed by atoms with E-state index < -0.39 is 6.03 Å². The van der Waals surface area contributed by atoms with Crippen molar-refractivity contribution in [2.75, 3.05) is 26.3 Å². The fraction of sp³-hybridized carbons (Fsp3) is 0.385. The van der Waals surface area contributed by atoms with Gasteiger partial charge >= 0.3 is 6.03 Å². The molecule has 0 spiro atoms. The first-order chi connectivity index (χ1) is 9.58. The molecule has 0 aliphatic rings. The molecule has 0 fully saturated rings. The topological polar surface area (TPSA) is 116 Å². The molecule has 3 amide bonds. The van der Waals surface area contributed by atoms with Crippen molar-refractivity contribution in [3.05, 3.63) is 35.4 Å². The predicted molar refractivity (Wildman–Crippen MR) is 72.9 cm³/mol. The van der Waals surface area contributed by atoms with Gasteiger partial charge in [-0.15, -0.1) is 0 Å². The predicted octanol–water partition coefficient (Wildman–Crippen LogP) is -0.718. The summed E-state index contributed by atoms with van der Waals surface area (Å²) in [6.45, 7) is 0.314. The van der Waals surface area contributed by atoms with Crippen LogP contribution in [0.25, 0.3) is 0 Å². The second kappa shape index (κ2) is 8.13. The van der Waals surface area contributed by atoms with Crippen LogP contribution in [0, 0.1) is 0 Å². The molecule has 7 heteroatoms. The van der Waals surface area contributed by atoms with Gasteiger partial charge in [0.25, 0.3) is 5.91 Å². The number of carbonyl (C=O) groups is 2. The van der Waals surface area contributed by atoms with E-state index >= 15 is 0 Å². The van der Waals surface area contributed by atoms with Crippen LogP contribution in [0.2, 0.25) is 0 Å². The number of hydrogen-bond donors (Lipinski definition) is 4. The average Bonchev–Trinajstić information content (AvgIpc) is 2.44. The van der Waals surface area contributed by atoms with Crippen LogP contribution in [0.4, 0.5) is 4.79 Å². The average molecular weight is 281 g/mol. The molecule has 1 aromatic carbocycles. The number of aliphatic hydroxyl groups excluding tert-OH is 2. The van der Waals surface area contributed by atoms with Crippen molar-refractivity contribution < 1.29 is 19.8 Å². The van der Waals surface area contributed by atoms with Crippen LogP contribution in [-0.4, -0.2) is 53.4 Å². The van der Waals surface area contributed by atoms with Gasteiger partial charge in [-0.05, 0) is 17.7 Å². The molecule has 0 radical (unpaired) electrons. The highest BCUT2D eigenvalue weighted by molar-refractivity contribution is 5.94. The van der Waals surface area contributed by atoms with Gasteiger partial charge in [0.1, 0.15) is 0 Å². The molecule has 110 valence electrons. The minimum Gasteiger partial charge on any atom is -0.395 e. The highest BCUT2D eigenvalue weighted by Gasteiger charge is 2.14. The summed E-state index contributed by atoms with van der Waals surface area (Å²) >= 11 is 0. The Morgan fingerprint density at radius 2 is 1.65 bits per heavy atom. The number of urea groups is 1. The first kappa shape index (κ1) is 15.9. The normalized spacial score (nSPS) is 10.1. The summed E-state index contributed by atoms with van der Waals surface area (Å²) < 4.78 is 0. The zero-order valence-corrected chi connectivity index (χ0v) is 11.1. The van der Waals surface area contributed by atoms with Crippen molar-refractivity contribution in [3.63, 3.8) is 0 Å². The summed E-state index contributed by atoms with van der Waals surface area (Å²) in [5.41, 5.74) is 6.24. The van der Waals surface area contributed by atoms with E-state index in [1.165, 1.54) is 4.90 Å². The highest BCUT2D eigenvalue weighted by Crippen LogP contribution is 2.08. The van der Waals surface area contributed by atoms with E-state index in [0.29, 0.717) is 12.1 Å². The van der Waals surface area contributed by atoms with Crippen LogP contribution >= 0.6 is 0 Å². The smallest absolute Gasteiger partial charge is 0.312 e. The van der Waals surface area contributed by atoms with E-state index in [-0.39, 0.29) is 32.2 Å². The SMILES string of the molecule is NC(=O)NCc1ccc(C(=O)N(CCO)CCO)cc1. The number of amides is 3. The summed E-state index contributed by atoms with van der Waals surface area (Å²) in [4.78, 5) is 24.1. The zero-order valence-electron chi connectivity index (χ0n) is 11.1. The lowest BCUT2D eigenvalue weighted by atomic mass is 10.1. The van der Waals surface area contributed by atoms with Crippen molar-refractivity contribution in [1.82, 2.24) is 10.2 Å². The first-order valence-corrected chi connectivity index (χ1v) is 6.21. The van der Waals surface area contributed by atoms with Gasteiger partial charge in [0.05, 0.1) is 13.2 Å². The van der Waals surface area contributed by atoms with E-state index in [1.54, 1.807) is 24.3 Å². The Hall–Kier alpha value is -2.12. The van der Waals surface area contributed by atoms with Crippen LogP contribution < -0.4 is 11.1 Å². The molecule has 0 aliphatic heterocycles. The summed E-state index contributed by atoms with van der Waals surface area (Å²) in [7, 11) is 0. The molecule has 0 atom stereocenters. The fourth-order valence-electron chi connectivity index (χ4n) is 1.69. The number of benzene rings is 1. The van der Waals surface area contributed by atoms with E-state index in [2.05, 4.69) is 5.32 Å². The van der Waals surface area contributed by atoms with E-state index in [9.17, 15) is 9.59 Å². The van der Waals surface area contributed by atoms with Crippen molar-refractivity contribution in [1.29, 1.82) is 0 Å². The maximum atomic E-state index is 12.1. The fourth-order valence-corrected chi connectivity index (χ4v) is 1.69. The zero-order chi connectivity index (χ0) is 15.0. The van der Waals surface area contributed by atoms with E-state index in [0.717, 1.165) is 5.56 Å². The van der Waals surface area contributed by atoms with Crippen LogP contribution in [0.3, 0.4) is 0 Å². The Morgan fingerprint density at radius 3 is 2.10 bits per heavy atom. The lowest BCUT2D eigenvalue weighted by Crippen LogP contribution is -2.35. The number of aliphatic hydroxyl groups is 2. The monoisotopic (exact) mass is 281 g/mol. The van der Waals surface area contributed by atoms with Crippen LogP contribution in [0.1, 0.15) is 15.9 Å². The number of hydrogen-bond acceptors (Lipinski definition) is 4. The Bertz CT molecular complexity index is 441. The lowest BCUT2D eigenvalue weighted by Gasteiger charge is -2.20. The standard InChI is InChI=1S/C13H19N3O4/c14-13(20)15-9-10-1-3-11(4-2-10)12(19)16(5-7-17)6-8-18/h1-4,17-18H,5-9H2,(H3,14,15,20). The summed E-state index contributed by atoms with van der Waals surface area (Å²) in [5, 5.41) is 20.2. The number of nitrogens with two attached hydrogens (primary N) is 1. The van der Waals surface area contributed by atoms with Crippen LogP contribution in [0.5, 0.6) is 0 Å². The van der Waals surface area contributed by atoms with Gasteiger partial charge in [0, 0.05) is 25.2 Å². The third kappa shape index (κ3) is 4.87.